The molecule has 1 aliphatic heterocycles. The second kappa shape index (κ2) is 9.19. The van der Waals surface area contributed by atoms with E-state index in [0.29, 0.717) is 0 Å². The molecule has 1 saturated heterocycles. The average molecular weight is 284 g/mol. The van der Waals surface area contributed by atoms with Gasteiger partial charge in [-0.1, -0.05) is 0 Å². The van der Waals surface area contributed by atoms with Crippen molar-refractivity contribution in [2.24, 2.45) is 4.99 Å². The number of unbranched alkanes of at least 4 members (excludes halogenated alkanes) is 1. The fraction of sp³-hybridized carbons (Fsp3) is 0.933. The number of hydrogen-bond acceptors (Lipinski definition) is 3. The summed E-state index contributed by atoms with van der Waals surface area (Å²) in [6.45, 7) is 15.4. The fourth-order valence-corrected chi connectivity index (χ4v) is 2.13. The first-order chi connectivity index (χ1) is 9.51. The molecule has 1 heterocycles. The molecule has 0 aromatic carbocycles. The molecule has 0 aromatic rings. The van der Waals surface area contributed by atoms with Crippen LogP contribution in [-0.4, -0.2) is 62.3 Å². The van der Waals surface area contributed by atoms with Gasteiger partial charge in [-0.15, -0.1) is 0 Å². The maximum absolute atomic E-state index is 5.35. The molecule has 0 atom stereocenters. The quantitative estimate of drug-likeness (QED) is 0.440. The van der Waals surface area contributed by atoms with E-state index in [-0.39, 0.29) is 5.54 Å². The van der Waals surface area contributed by atoms with E-state index in [0.717, 1.165) is 51.8 Å². The fourth-order valence-electron chi connectivity index (χ4n) is 2.13. The van der Waals surface area contributed by atoms with Gasteiger partial charge in [0, 0.05) is 31.7 Å². The Kier molecular flexibility index (Phi) is 7.92. The molecule has 0 bridgehead atoms. The van der Waals surface area contributed by atoms with Gasteiger partial charge >= 0.3 is 0 Å². The summed E-state index contributed by atoms with van der Waals surface area (Å²) < 4.78 is 5.35. The Hall–Kier alpha value is -0.810. The lowest BCUT2D eigenvalue weighted by atomic mass is 10.1. The number of aliphatic imine (C=N–C) groups is 1. The van der Waals surface area contributed by atoms with Gasteiger partial charge in [0.15, 0.2) is 5.96 Å². The minimum Gasteiger partial charge on any atom is -0.379 e. The van der Waals surface area contributed by atoms with Crippen LogP contribution in [0.1, 0.15) is 40.5 Å². The van der Waals surface area contributed by atoms with Crippen molar-refractivity contribution >= 4 is 5.96 Å². The predicted octanol–water partition coefficient (Wildman–Crippen LogP) is 1.45. The van der Waals surface area contributed by atoms with Gasteiger partial charge in [0.25, 0.3) is 0 Å². The van der Waals surface area contributed by atoms with Crippen molar-refractivity contribution in [1.82, 2.24) is 15.5 Å². The molecule has 0 amide bonds. The van der Waals surface area contributed by atoms with Crippen LogP contribution in [0.3, 0.4) is 0 Å². The second-order valence-electron chi connectivity index (χ2n) is 6.30. The zero-order valence-corrected chi connectivity index (χ0v) is 13.7. The Morgan fingerprint density at radius 2 is 1.90 bits per heavy atom. The molecule has 1 fully saturated rings. The number of rotatable bonds is 6. The van der Waals surface area contributed by atoms with Gasteiger partial charge in [-0.2, -0.15) is 0 Å². The molecule has 1 rings (SSSR count). The van der Waals surface area contributed by atoms with Crippen LogP contribution in [0.25, 0.3) is 0 Å². The summed E-state index contributed by atoms with van der Waals surface area (Å²) in [5.41, 5.74) is 0.0504. The second-order valence-corrected chi connectivity index (χ2v) is 6.30. The van der Waals surface area contributed by atoms with Gasteiger partial charge in [0.05, 0.1) is 13.2 Å². The molecule has 5 heteroatoms. The lowest BCUT2D eigenvalue weighted by Crippen LogP contribution is -2.47. The van der Waals surface area contributed by atoms with Gasteiger partial charge in [0.2, 0.25) is 0 Å². The largest absolute Gasteiger partial charge is 0.379 e. The Labute approximate surface area is 124 Å². The molecular formula is C15H32N4O. The smallest absolute Gasteiger partial charge is 0.191 e. The number of hydrogen-bond donors (Lipinski definition) is 2. The Morgan fingerprint density at radius 1 is 1.20 bits per heavy atom. The van der Waals surface area contributed by atoms with Crippen molar-refractivity contribution in [1.29, 1.82) is 0 Å². The van der Waals surface area contributed by atoms with Crippen molar-refractivity contribution in [3.8, 4) is 0 Å². The number of morpholine rings is 1. The lowest BCUT2D eigenvalue weighted by molar-refractivity contribution is 0.0373. The van der Waals surface area contributed by atoms with Crippen molar-refractivity contribution in [3.05, 3.63) is 0 Å². The highest BCUT2D eigenvalue weighted by Gasteiger charge is 2.11. The van der Waals surface area contributed by atoms with E-state index >= 15 is 0 Å². The molecule has 2 N–H and O–H groups in total. The molecule has 0 unspecified atom stereocenters. The first-order valence-corrected chi connectivity index (χ1v) is 7.88. The first-order valence-electron chi connectivity index (χ1n) is 7.88. The molecule has 0 radical (unpaired) electrons. The van der Waals surface area contributed by atoms with E-state index in [9.17, 15) is 0 Å². The number of nitrogens with zero attached hydrogens (tertiary/aromatic N) is 2. The minimum absolute atomic E-state index is 0.0504. The Morgan fingerprint density at radius 3 is 2.50 bits per heavy atom. The van der Waals surface area contributed by atoms with E-state index in [1.54, 1.807) is 0 Å². The Bertz CT molecular complexity index is 280. The highest BCUT2D eigenvalue weighted by Crippen LogP contribution is 2.01. The summed E-state index contributed by atoms with van der Waals surface area (Å²) in [4.78, 5) is 7.11. The third-order valence-electron chi connectivity index (χ3n) is 3.09. The molecule has 1 aliphatic rings. The molecule has 118 valence electrons. The first kappa shape index (κ1) is 17.2. The van der Waals surface area contributed by atoms with Gasteiger partial charge in [-0.25, -0.2) is 0 Å². The van der Waals surface area contributed by atoms with E-state index in [1.807, 2.05) is 0 Å². The third-order valence-corrected chi connectivity index (χ3v) is 3.09. The zero-order valence-electron chi connectivity index (χ0n) is 13.7. The summed E-state index contributed by atoms with van der Waals surface area (Å²) in [7, 11) is 0. The van der Waals surface area contributed by atoms with Crippen LogP contribution in [0.4, 0.5) is 0 Å². The molecule has 0 saturated carbocycles. The maximum atomic E-state index is 5.35. The summed E-state index contributed by atoms with van der Waals surface area (Å²) in [6, 6.07) is 0. The van der Waals surface area contributed by atoms with Crippen LogP contribution in [0.5, 0.6) is 0 Å². The number of nitrogens with one attached hydrogen (secondary N) is 2. The minimum atomic E-state index is 0.0504. The molecule has 20 heavy (non-hydrogen) atoms. The third kappa shape index (κ3) is 8.38. The van der Waals surface area contributed by atoms with Gasteiger partial charge in [-0.05, 0) is 47.1 Å². The van der Waals surface area contributed by atoms with E-state index in [1.165, 1.54) is 13.0 Å². The van der Waals surface area contributed by atoms with Crippen molar-refractivity contribution in [2.75, 3.05) is 45.9 Å². The average Bonchev–Trinajstić information content (AvgIpc) is 2.38. The summed E-state index contributed by atoms with van der Waals surface area (Å²) in [5, 5.41) is 6.70. The summed E-state index contributed by atoms with van der Waals surface area (Å²) in [6.07, 6.45) is 2.34. The van der Waals surface area contributed by atoms with Gasteiger partial charge in [-0.3, -0.25) is 9.89 Å². The van der Waals surface area contributed by atoms with E-state index in [4.69, 9.17) is 4.74 Å². The number of ether oxygens (including phenoxy) is 1. The van der Waals surface area contributed by atoms with Gasteiger partial charge < -0.3 is 15.4 Å². The Balaban J connectivity index is 2.18. The van der Waals surface area contributed by atoms with E-state index in [2.05, 4.69) is 48.2 Å². The highest BCUT2D eigenvalue weighted by atomic mass is 16.5. The van der Waals surface area contributed by atoms with Crippen molar-refractivity contribution in [2.45, 2.75) is 46.1 Å². The predicted molar refractivity (Wildman–Crippen MR) is 85.4 cm³/mol. The van der Waals surface area contributed by atoms with E-state index < -0.39 is 0 Å². The van der Waals surface area contributed by atoms with Gasteiger partial charge in [0.1, 0.15) is 0 Å². The zero-order chi connectivity index (χ0) is 14.8. The van der Waals surface area contributed by atoms with Crippen LogP contribution < -0.4 is 10.6 Å². The standard InChI is InChI=1S/C15H32N4O/c1-5-16-14(18-15(2,3)4)17-8-6-7-9-19-10-12-20-13-11-19/h5-13H2,1-4H3,(H2,16,17,18). The molecule has 0 aliphatic carbocycles. The lowest BCUT2D eigenvalue weighted by Gasteiger charge is -2.26. The van der Waals surface area contributed by atoms with Crippen LogP contribution in [0.2, 0.25) is 0 Å². The monoisotopic (exact) mass is 284 g/mol. The summed E-state index contributed by atoms with van der Waals surface area (Å²) >= 11 is 0. The topological polar surface area (TPSA) is 48.9 Å². The SMILES string of the molecule is CCNC(=NCCCCN1CCOCC1)NC(C)(C)C. The van der Waals surface area contributed by atoms with Crippen LogP contribution in [0, 0.1) is 0 Å². The highest BCUT2D eigenvalue weighted by molar-refractivity contribution is 5.80. The molecule has 0 spiro atoms. The molecular weight excluding hydrogens is 252 g/mol. The van der Waals surface area contributed by atoms with Crippen LogP contribution >= 0.6 is 0 Å². The van der Waals surface area contributed by atoms with Crippen LogP contribution in [0.15, 0.2) is 4.99 Å². The van der Waals surface area contributed by atoms with Crippen molar-refractivity contribution < 1.29 is 4.74 Å². The van der Waals surface area contributed by atoms with Crippen molar-refractivity contribution in [3.63, 3.8) is 0 Å². The molecule has 5 nitrogen and oxygen atoms in total. The molecule has 0 aromatic heterocycles. The summed E-state index contributed by atoms with van der Waals surface area (Å²) in [5.74, 6) is 0.923. The normalized spacial score (nSPS) is 18.1. The number of guanidine groups is 1. The van der Waals surface area contributed by atoms with Crippen LogP contribution in [-0.2, 0) is 4.74 Å². The maximum Gasteiger partial charge on any atom is 0.191 e.